The first kappa shape index (κ1) is 26.7. The summed E-state index contributed by atoms with van der Waals surface area (Å²) in [7, 11) is 17.0. The molecule has 0 saturated heterocycles. The van der Waals surface area contributed by atoms with Gasteiger partial charge in [0.15, 0.2) is 0 Å². The summed E-state index contributed by atoms with van der Waals surface area (Å²) in [6, 6.07) is 0. The molecule has 6 heteroatoms. The molecule has 0 radical (unpaired) electrons. The fraction of sp³-hybridized carbons (Fsp3) is 0.882. The van der Waals surface area contributed by atoms with Gasteiger partial charge in [-0.1, -0.05) is 20.8 Å². The van der Waals surface area contributed by atoms with E-state index >= 15 is 0 Å². The summed E-state index contributed by atoms with van der Waals surface area (Å²) in [5.74, 6) is -2.52. The van der Waals surface area contributed by atoms with Crippen molar-refractivity contribution in [2.45, 2.75) is 33.6 Å². The van der Waals surface area contributed by atoms with Crippen LogP contribution in [0.5, 0.6) is 0 Å². The molecule has 23 heavy (non-hydrogen) atoms. The molecule has 6 nitrogen and oxygen atoms in total. The van der Waals surface area contributed by atoms with E-state index in [-0.39, 0.29) is 18.8 Å². The van der Waals surface area contributed by atoms with Crippen molar-refractivity contribution in [3.63, 3.8) is 0 Å². The van der Waals surface area contributed by atoms with Crippen LogP contribution < -0.4 is 10.2 Å². The van der Waals surface area contributed by atoms with Crippen molar-refractivity contribution >= 4 is 11.9 Å². The standard InChI is InChI=1S/C9H16O4.2C4H12N/c1-6(4-7(10)11)5-9(2,3)8(12)13;2*1-5(2,3)4/h6H,4-5H2,1-3H3,(H,10,11)(H,12,13);2*1-4H3/q;2*+1/p-2. The smallest absolute Gasteiger partial charge is 0.0675 e. The van der Waals surface area contributed by atoms with E-state index in [1.54, 1.807) is 6.92 Å². The Bertz CT molecular complexity index is 329. The molecule has 0 rings (SSSR count). The van der Waals surface area contributed by atoms with E-state index in [1.165, 1.54) is 13.8 Å². The lowest BCUT2D eigenvalue weighted by Gasteiger charge is -2.29. The van der Waals surface area contributed by atoms with Crippen LogP contribution in [0.4, 0.5) is 0 Å². The molecule has 0 heterocycles. The van der Waals surface area contributed by atoms with E-state index in [9.17, 15) is 19.8 Å². The average Bonchev–Trinajstić information content (AvgIpc) is 2.07. The number of aliphatic carboxylic acids is 2. The Kier molecular flexibility index (Phi) is 12.3. The van der Waals surface area contributed by atoms with E-state index in [0.29, 0.717) is 0 Å². The van der Waals surface area contributed by atoms with E-state index < -0.39 is 17.4 Å². The van der Waals surface area contributed by atoms with Crippen LogP contribution in [0.1, 0.15) is 33.6 Å². The molecule has 0 fully saturated rings. The van der Waals surface area contributed by atoms with Crippen LogP contribution in [-0.4, -0.2) is 77.3 Å². The molecule has 0 saturated carbocycles. The molecule has 0 aromatic rings. The van der Waals surface area contributed by atoms with Crippen LogP contribution in [0.3, 0.4) is 0 Å². The third kappa shape index (κ3) is 38.6. The second kappa shape index (κ2) is 10.6. The van der Waals surface area contributed by atoms with Gasteiger partial charge in [0.2, 0.25) is 0 Å². The minimum Gasteiger partial charge on any atom is -0.550 e. The highest BCUT2D eigenvalue weighted by atomic mass is 16.4. The quantitative estimate of drug-likeness (QED) is 0.639. The van der Waals surface area contributed by atoms with Gasteiger partial charge >= 0.3 is 0 Å². The van der Waals surface area contributed by atoms with Crippen LogP contribution in [0.2, 0.25) is 0 Å². The Labute approximate surface area is 142 Å². The average molecular weight is 335 g/mol. The molecular weight excluding hydrogens is 296 g/mol. The number of rotatable bonds is 5. The highest BCUT2D eigenvalue weighted by Crippen LogP contribution is 2.25. The first-order chi connectivity index (χ1) is 9.75. The van der Waals surface area contributed by atoms with Crippen LogP contribution in [-0.2, 0) is 9.59 Å². The summed E-state index contributed by atoms with van der Waals surface area (Å²) in [4.78, 5) is 20.8. The van der Waals surface area contributed by atoms with Crippen LogP contribution in [0.15, 0.2) is 0 Å². The maximum Gasteiger partial charge on any atom is 0.0675 e. The van der Waals surface area contributed by atoms with Crippen LogP contribution >= 0.6 is 0 Å². The molecule has 0 aliphatic heterocycles. The fourth-order valence-electron chi connectivity index (χ4n) is 1.31. The molecule has 0 aromatic heterocycles. The second-order valence-corrected chi connectivity index (χ2v) is 9.42. The molecule has 0 aliphatic carbocycles. The van der Waals surface area contributed by atoms with Crippen molar-refractivity contribution in [2.75, 3.05) is 56.4 Å². The highest BCUT2D eigenvalue weighted by Gasteiger charge is 2.22. The fourth-order valence-corrected chi connectivity index (χ4v) is 1.31. The van der Waals surface area contributed by atoms with Gasteiger partial charge in [0.05, 0.1) is 56.4 Å². The van der Waals surface area contributed by atoms with Crippen molar-refractivity contribution in [3.8, 4) is 0 Å². The van der Waals surface area contributed by atoms with Gasteiger partial charge in [0.25, 0.3) is 0 Å². The van der Waals surface area contributed by atoms with Gasteiger partial charge in [-0.25, -0.2) is 0 Å². The normalized spacial score (nSPS) is 13.0. The summed E-state index contributed by atoms with van der Waals surface area (Å²) >= 11 is 0. The lowest BCUT2D eigenvalue weighted by atomic mass is 9.82. The molecule has 1 atom stereocenters. The second-order valence-electron chi connectivity index (χ2n) is 9.42. The summed E-state index contributed by atoms with van der Waals surface area (Å²) < 4.78 is 2.00. The third-order valence-corrected chi connectivity index (χ3v) is 1.93. The van der Waals surface area contributed by atoms with Gasteiger partial charge in [-0.2, -0.15) is 0 Å². The van der Waals surface area contributed by atoms with Crippen molar-refractivity contribution < 1.29 is 28.8 Å². The Balaban J connectivity index is -0.000000329. The molecule has 0 aliphatic rings. The molecular formula is C17H38N2O4. The first-order valence-electron chi connectivity index (χ1n) is 7.75. The summed E-state index contributed by atoms with van der Waals surface area (Å²) in [5, 5.41) is 20.8. The van der Waals surface area contributed by atoms with Crippen molar-refractivity contribution in [1.82, 2.24) is 0 Å². The van der Waals surface area contributed by atoms with Gasteiger partial charge in [-0.15, -0.1) is 0 Å². The van der Waals surface area contributed by atoms with Gasteiger partial charge in [0, 0.05) is 17.4 Å². The molecule has 0 bridgehead atoms. The van der Waals surface area contributed by atoms with Crippen LogP contribution in [0, 0.1) is 11.3 Å². The topological polar surface area (TPSA) is 80.3 Å². The van der Waals surface area contributed by atoms with Gasteiger partial charge < -0.3 is 28.8 Å². The van der Waals surface area contributed by atoms with Gasteiger partial charge in [-0.05, 0) is 18.8 Å². The van der Waals surface area contributed by atoms with Gasteiger partial charge in [0.1, 0.15) is 0 Å². The Hall–Kier alpha value is -1.14. The number of carboxylic acids is 2. The number of nitrogens with zero attached hydrogens (tertiary/aromatic N) is 2. The summed E-state index contributed by atoms with van der Waals surface area (Å²) in [6.07, 6.45) is 0.167. The monoisotopic (exact) mass is 334 g/mol. The summed E-state index contributed by atoms with van der Waals surface area (Å²) in [6.45, 7) is 4.72. The lowest BCUT2D eigenvalue weighted by molar-refractivity contribution is -0.849. The molecule has 0 aromatic carbocycles. The molecule has 0 N–H and O–H groups in total. The van der Waals surface area contributed by atoms with Gasteiger partial charge in [-0.3, -0.25) is 0 Å². The maximum absolute atomic E-state index is 10.6. The Morgan fingerprint density at radius 3 is 1.30 bits per heavy atom. The predicted octanol–water partition coefficient (Wildman–Crippen LogP) is -0.426. The summed E-state index contributed by atoms with van der Waals surface area (Å²) in [5.41, 5.74) is -0.977. The number of carboxylic acid groups (broad SMARTS) is 2. The minimum atomic E-state index is -1.15. The zero-order valence-electron chi connectivity index (χ0n) is 17.0. The first-order valence-corrected chi connectivity index (χ1v) is 7.75. The number of hydrogen-bond donors (Lipinski definition) is 0. The lowest BCUT2D eigenvalue weighted by Crippen LogP contribution is -2.39. The molecule has 1 unspecified atom stereocenters. The number of carbonyl (C=O) groups excluding carboxylic acids is 2. The zero-order valence-corrected chi connectivity index (χ0v) is 17.0. The molecule has 140 valence electrons. The molecule has 0 amide bonds. The number of quaternary nitrogens is 2. The van der Waals surface area contributed by atoms with E-state index in [0.717, 1.165) is 8.97 Å². The van der Waals surface area contributed by atoms with E-state index in [4.69, 9.17) is 0 Å². The number of hydrogen-bond acceptors (Lipinski definition) is 4. The SMILES string of the molecule is CC(CC(=O)[O-])CC(C)(C)C(=O)[O-].C[N+](C)(C)C.C[N+](C)(C)C. The van der Waals surface area contributed by atoms with Crippen LogP contribution in [0.25, 0.3) is 0 Å². The van der Waals surface area contributed by atoms with Crippen molar-refractivity contribution in [1.29, 1.82) is 0 Å². The minimum absolute atomic E-state index is 0.114. The highest BCUT2D eigenvalue weighted by molar-refractivity contribution is 5.71. The Morgan fingerprint density at radius 2 is 1.13 bits per heavy atom. The van der Waals surface area contributed by atoms with E-state index in [2.05, 4.69) is 56.4 Å². The van der Waals surface area contributed by atoms with E-state index in [1.807, 2.05) is 0 Å². The van der Waals surface area contributed by atoms with Crippen molar-refractivity contribution in [3.05, 3.63) is 0 Å². The largest absolute Gasteiger partial charge is 0.550 e. The molecule has 0 spiro atoms. The third-order valence-electron chi connectivity index (χ3n) is 1.93. The Morgan fingerprint density at radius 1 is 0.870 bits per heavy atom. The van der Waals surface area contributed by atoms with Crippen molar-refractivity contribution in [2.24, 2.45) is 11.3 Å². The number of carbonyl (C=O) groups is 2. The zero-order chi connectivity index (χ0) is 19.6. The maximum atomic E-state index is 10.6. The predicted molar refractivity (Wildman–Crippen MR) is 90.1 cm³/mol.